The van der Waals surface area contributed by atoms with Gasteiger partial charge in [0.15, 0.2) is 17.4 Å². The van der Waals surface area contributed by atoms with Gasteiger partial charge in [-0.3, -0.25) is 14.4 Å². The van der Waals surface area contributed by atoms with E-state index in [1.807, 2.05) is 0 Å². The molecule has 10 heteroatoms. The number of benzene rings is 2. The molecule has 2 aliphatic rings. The molecule has 3 amide bonds. The van der Waals surface area contributed by atoms with Crippen molar-refractivity contribution >= 4 is 34.8 Å². The summed E-state index contributed by atoms with van der Waals surface area (Å²) in [6.07, 6.45) is 0.224. The summed E-state index contributed by atoms with van der Waals surface area (Å²) in [5.74, 6) is -3.65. The van der Waals surface area contributed by atoms with Crippen molar-refractivity contribution in [3.05, 3.63) is 47.5 Å². The van der Waals surface area contributed by atoms with Crippen molar-refractivity contribution in [1.82, 2.24) is 4.90 Å². The second-order valence-electron chi connectivity index (χ2n) is 7.27. The third kappa shape index (κ3) is 4.14. The van der Waals surface area contributed by atoms with Crippen LogP contribution in [-0.2, 0) is 20.8 Å². The van der Waals surface area contributed by atoms with Crippen LogP contribution in [0.15, 0.2) is 30.3 Å². The van der Waals surface area contributed by atoms with E-state index >= 15 is 0 Å². The smallest absolute Gasteiger partial charge is 0.313 e. The van der Waals surface area contributed by atoms with E-state index in [0.717, 1.165) is 5.56 Å². The van der Waals surface area contributed by atoms with Crippen LogP contribution in [0.2, 0.25) is 0 Å². The summed E-state index contributed by atoms with van der Waals surface area (Å²) in [7, 11) is 1.19. The number of carbonyl (C=O) groups is 3. The molecule has 4 rings (SSSR count). The summed E-state index contributed by atoms with van der Waals surface area (Å²) >= 11 is 0. The predicted molar refractivity (Wildman–Crippen MR) is 109 cm³/mol. The van der Waals surface area contributed by atoms with E-state index in [2.05, 4.69) is 15.4 Å². The molecule has 0 aromatic heterocycles. The van der Waals surface area contributed by atoms with Crippen molar-refractivity contribution in [2.45, 2.75) is 6.42 Å². The highest BCUT2D eigenvalue weighted by Crippen LogP contribution is 2.28. The fraction of sp³-hybridized carbons (Fsp3) is 0.286. The molecular formula is C21H20F2N4O4. The quantitative estimate of drug-likeness (QED) is 0.725. The third-order valence-electron chi connectivity index (χ3n) is 5.30. The first kappa shape index (κ1) is 20.6. The Bertz CT molecular complexity index is 1040. The summed E-state index contributed by atoms with van der Waals surface area (Å²) in [6.45, 7) is 1.09. The van der Waals surface area contributed by atoms with Gasteiger partial charge < -0.3 is 25.2 Å². The number of piperazine rings is 1. The lowest BCUT2D eigenvalue weighted by Crippen LogP contribution is -2.51. The Morgan fingerprint density at radius 2 is 1.74 bits per heavy atom. The van der Waals surface area contributed by atoms with Crippen LogP contribution >= 0.6 is 0 Å². The van der Waals surface area contributed by atoms with Gasteiger partial charge in [-0.05, 0) is 23.8 Å². The number of anilines is 3. The Morgan fingerprint density at radius 3 is 2.39 bits per heavy atom. The van der Waals surface area contributed by atoms with E-state index in [-0.39, 0.29) is 25.4 Å². The summed E-state index contributed by atoms with van der Waals surface area (Å²) in [6, 6.07) is 7.30. The normalized spacial score (nSPS) is 15.4. The van der Waals surface area contributed by atoms with Gasteiger partial charge in [-0.2, -0.15) is 0 Å². The Kier molecular flexibility index (Phi) is 5.45. The third-order valence-corrected chi connectivity index (χ3v) is 5.30. The Hall–Kier alpha value is -3.69. The minimum absolute atomic E-state index is 0.121. The van der Waals surface area contributed by atoms with E-state index in [4.69, 9.17) is 0 Å². The lowest BCUT2D eigenvalue weighted by atomic mass is 10.1. The van der Waals surface area contributed by atoms with Gasteiger partial charge >= 0.3 is 11.8 Å². The number of amides is 3. The van der Waals surface area contributed by atoms with E-state index in [9.17, 15) is 23.2 Å². The minimum atomic E-state index is -0.804. The number of ether oxygens (including phenoxy) is 1. The first-order valence-electron chi connectivity index (χ1n) is 9.66. The van der Waals surface area contributed by atoms with Crippen LogP contribution in [0.5, 0.6) is 5.75 Å². The SMILES string of the molecule is COc1c(F)cc(N2CCN(C(=O)C(=O)Nc3ccc4c(c3)CC(=O)N4)CC2)cc1F. The van der Waals surface area contributed by atoms with Gasteiger partial charge in [-0.15, -0.1) is 0 Å². The molecule has 0 atom stereocenters. The van der Waals surface area contributed by atoms with Crippen molar-refractivity contribution in [3.63, 3.8) is 0 Å². The van der Waals surface area contributed by atoms with Gasteiger partial charge in [0.1, 0.15) is 0 Å². The first-order valence-corrected chi connectivity index (χ1v) is 9.66. The average molecular weight is 430 g/mol. The number of halogens is 2. The number of rotatable bonds is 3. The molecule has 2 heterocycles. The second kappa shape index (κ2) is 8.21. The Labute approximate surface area is 176 Å². The molecule has 1 fully saturated rings. The van der Waals surface area contributed by atoms with Gasteiger partial charge in [0, 0.05) is 55.4 Å². The maximum Gasteiger partial charge on any atom is 0.313 e. The molecule has 0 saturated carbocycles. The highest BCUT2D eigenvalue weighted by Gasteiger charge is 2.27. The zero-order valence-corrected chi connectivity index (χ0v) is 16.7. The molecule has 0 radical (unpaired) electrons. The summed E-state index contributed by atoms with van der Waals surface area (Å²) in [5, 5.41) is 5.26. The second-order valence-corrected chi connectivity index (χ2v) is 7.27. The number of nitrogens with zero attached hydrogens (tertiary/aromatic N) is 2. The summed E-state index contributed by atoms with van der Waals surface area (Å²) in [5.41, 5.74) is 2.21. The monoisotopic (exact) mass is 430 g/mol. The summed E-state index contributed by atoms with van der Waals surface area (Å²) < 4.78 is 32.6. The predicted octanol–water partition coefficient (Wildman–Crippen LogP) is 1.76. The topological polar surface area (TPSA) is 91.0 Å². The fourth-order valence-electron chi connectivity index (χ4n) is 3.73. The number of hydrogen-bond acceptors (Lipinski definition) is 5. The standard InChI is InChI=1S/C21H20F2N4O4/c1-31-19-15(22)10-14(11-16(19)23)26-4-6-27(7-5-26)21(30)20(29)24-13-2-3-17-12(8-13)9-18(28)25-17/h2-3,8,10-11H,4-7,9H2,1H3,(H,24,29)(H,25,28). The minimum Gasteiger partial charge on any atom is -0.491 e. The molecule has 162 valence electrons. The number of fused-ring (bicyclic) bond motifs is 1. The van der Waals surface area contributed by atoms with E-state index in [1.165, 1.54) is 24.1 Å². The Morgan fingerprint density at radius 1 is 1.06 bits per heavy atom. The average Bonchev–Trinajstić information content (AvgIpc) is 3.12. The zero-order valence-electron chi connectivity index (χ0n) is 16.7. The molecule has 2 aliphatic heterocycles. The van der Waals surface area contributed by atoms with Crippen molar-refractivity contribution in [2.24, 2.45) is 0 Å². The molecule has 0 aliphatic carbocycles. The van der Waals surface area contributed by atoms with Crippen molar-refractivity contribution < 1.29 is 27.9 Å². The van der Waals surface area contributed by atoms with Crippen LogP contribution in [0.3, 0.4) is 0 Å². The Balaban J connectivity index is 1.35. The van der Waals surface area contributed by atoms with Crippen LogP contribution < -0.4 is 20.3 Å². The molecule has 0 unspecified atom stereocenters. The molecule has 0 bridgehead atoms. The lowest BCUT2D eigenvalue weighted by molar-refractivity contribution is -0.143. The molecular weight excluding hydrogens is 410 g/mol. The number of nitrogens with one attached hydrogen (secondary N) is 2. The van der Waals surface area contributed by atoms with Crippen LogP contribution in [0.1, 0.15) is 5.56 Å². The van der Waals surface area contributed by atoms with Gasteiger partial charge in [0.05, 0.1) is 13.5 Å². The van der Waals surface area contributed by atoms with Crippen LogP contribution in [-0.4, -0.2) is 55.9 Å². The molecule has 1 saturated heterocycles. The molecule has 0 spiro atoms. The molecule has 31 heavy (non-hydrogen) atoms. The van der Waals surface area contributed by atoms with Crippen LogP contribution in [0, 0.1) is 11.6 Å². The van der Waals surface area contributed by atoms with Gasteiger partial charge in [0.2, 0.25) is 5.91 Å². The number of carbonyl (C=O) groups excluding carboxylic acids is 3. The molecule has 8 nitrogen and oxygen atoms in total. The maximum absolute atomic E-state index is 14.0. The van der Waals surface area contributed by atoms with Gasteiger partial charge in [-0.25, -0.2) is 8.78 Å². The van der Waals surface area contributed by atoms with E-state index in [1.54, 1.807) is 23.1 Å². The highest BCUT2D eigenvalue weighted by molar-refractivity contribution is 6.39. The number of hydrogen-bond donors (Lipinski definition) is 2. The van der Waals surface area contributed by atoms with Crippen LogP contribution in [0.4, 0.5) is 25.8 Å². The maximum atomic E-state index is 14.0. The van der Waals surface area contributed by atoms with Crippen molar-refractivity contribution in [3.8, 4) is 5.75 Å². The van der Waals surface area contributed by atoms with Crippen molar-refractivity contribution in [1.29, 1.82) is 0 Å². The molecule has 2 aromatic carbocycles. The highest BCUT2D eigenvalue weighted by atomic mass is 19.1. The van der Waals surface area contributed by atoms with E-state index < -0.39 is 29.2 Å². The number of methoxy groups -OCH3 is 1. The largest absolute Gasteiger partial charge is 0.491 e. The van der Waals surface area contributed by atoms with Crippen LogP contribution in [0.25, 0.3) is 0 Å². The molecule has 2 aromatic rings. The van der Waals surface area contributed by atoms with Crippen molar-refractivity contribution in [2.75, 3.05) is 48.8 Å². The lowest BCUT2D eigenvalue weighted by Gasteiger charge is -2.35. The zero-order chi connectivity index (χ0) is 22.1. The fourth-order valence-corrected chi connectivity index (χ4v) is 3.73. The summed E-state index contributed by atoms with van der Waals surface area (Å²) in [4.78, 5) is 39.5. The first-order chi connectivity index (χ1) is 14.9. The molecule has 2 N–H and O–H groups in total. The van der Waals surface area contributed by atoms with E-state index in [0.29, 0.717) is 30.2 Å². The van der Waals surface area contributed by atoms with Gasteiger partial charge in [0.25, 0.3) is 0 Å². The van der Waals surface area contributed by atoms with Gasteiger partial charge in [-0.1, -0.05) is 0 Å².